The number of nitrogen functional groups attached to an aromatic ring is 1. The maximum atomic E-state index is 12.1. The molecule has 104 valence electrons. The third kappa shape index (κ3) is 6.08. The quantitative estimate of drug-likeness (QED) is 0.803. The molecule has 18 heavy (non-hydrogen) atoms. The van der Waals surface area contributed by atoms with Crippen LogP contribution in [0.5, 0.6) is 0 Å². The van der Waals surface area contributed by atoms with Crippen LogP contribution < -0.4 is 11.4 Å². The van der Waals surface area contributed by atoms with E-state index < -0.39 is 28.7 Å². The summed E-state index contributed by atoms with van der Waals surface area (Å²) >= 11 is 0. The molecule has 0 spiro atoms. The number of nitrogens with one attached hydrogen (secondary N) is 1. The first-order chi connectivity index (χ1) is 8.05. The summed E-state index contributed by atoms with van der Waals surface area (Å²) in [6.07, 6.45) is 0.866. The second-order valence-corrected chi connectivity index (χ2v) is 13.8. The topological polar surface area (TPSA) is 75.0 Å². The largest absolute Gasteiger partial charge is 0.381 e. The van der Waals surface area contributed by atoms with Gasteiger partial charge in [-0.3, -0.25) is 0 Å². The SMILES string of the molecule is CN([SiH](C)C)[Si](C)(C)C.Nc1nc(=O)[nH]cc1F. The zero-order chi connectivity index (χ0) is 14.5. The molecule has 1 rings (SSSR count). The summed E-state index contributed by atoms with van der Waals surface area (Å²) in [5.74, 6) is -1.09. The minimum Gasteiger partial charge on any atom is -0.381 e. The van der Waals surface area contributed by atoms with Gasteiger partial charge in [0.1, 0.15) is 8.24 Å². The van der Waals surface area contributed by atoms with Gasteiger partial charge in [0, 0.05) is 6.20 Å². The number of hydrogen-bond acceptors (Lipinski definition) is 4. The van der Waals surface area contributed by atoms with E-state index in [2.05, 4.69) is 49.0 Å². The highest BCUT2D eigenvalue weighted by Gasteiger charge is 2.21. The van der Waals surface area contributed by atoms with Gasteiger partial charge in [-0.05, 0) is 7.05 Å². The molecule has 0 atom stereocenters. The fourth-order valence-corrected chi connectivity index (χ4v) is 7.37. The average molecular weight is 290 g/mol. The van der Waals surface area contributed by atoms with Crippen molar-refractivity contribution >= 4 is 23.0 Å². The number of hydrogen-bond donors (Lipinski definition) is 2. The van der Waals surface area contributed by atoms with Crippen molar-refractivity contribution in [1.29, 1.82) is 0 Å². The summed E-state index contributed by atoms with van der Waals surface area (Å²) in [6.45, 7) is 12.0. The van der Waals surface area contributed by atoms with E-state index in [1.807, 2.05) is 4.98 Å². The molecule has 5 nitrogen and oxygen atoms in total. The fourth-order valence-electron chi connectivity index (χ4n) is 1.17. The number of aromatic amines is 1. The van der Waals surface area contributed by atoms with Crippen molar-refractivity contribution < 1.29 is 4.39 Å². The molecule has 0 aliphatic rings. The summed E-state index contributed by atoms with van der Waals surface area (Å²) in [6, 6.07) is 0. The van der Waals surface area contributed by atoms with Gasteiger partial charge in [0.15, 0.2) is 11.6 Å². The van der Waals surface area contributed by atoms with Gasteiger partial charge in [-0.15, -0.1) is 0 Å². The Bertz CT molecular complexity index is 431. The number of nitrogens with two attached hydrogens (primary N) is 1. The number of anilines is 1. The second-order valence-electron chi connectivity index (χ2n) is 5.31. The van der Waals surface area contributed by atoms with Crippen molar-refractivity contribution in [1.82, 2.24) is 14.2 Å². The minimum atomic E-state index is -0.929. The molecule has 1 aromatic rings. The van der Waals surface area contributed by atoms with Crippen LogP contribution >= 0.6 is 0 Å². The van der Waals surface area contributed by atoms with Crippen LogP contribution in [0.4, 0.5) is 10.2 Å². The predicted molar refractivity (Wildman–Crippen MR) is 79.2 cm³/mol. The average Bonchev–Trinajstić information content (AvgIpc) is 2.22. The summed E-state index contributed by atoms with van der Waals surface area (Å²) in [4.78, 5) is 15.3. The molecule has 0 fully saturated rings. The van der Waals surface area contributed by atoms with Crippen LogP contribution in [-0.2, 0) is 0 Å². The summed E-state index contributed by atoms with van der Waals surface area (Å²) in [7, 11) is 0.858. The van der Waals surface area contributed by atoms with Crippen molar-refractivity contribution in [2.75, 3.05) is 12.8 Å². The Morgan fingerprint density at radius 3 is 2.17 bits per heavy atom. The number of halogens is 1. The third-order valence-electron chi connectivity index (χ3n) is 2.62. The van der Waals surface area contributed by atoms with Gasteiger partial charge in [0.05, 0.1) is 8.96 Å². The molecule has 0 aliphatic heterocycles. The molecule has 1 aromatic heterocycles. The lowest BCUT2D eigenvalue weighted by Crippen LogP contribution is -2.49. The van der Waals surface area contributed by atoms with E-state index in [1.165, 1.54) is 0 Å². The van der Waals surface area contributed by atoms with Crippen molar-refractivity contribution in [3.8, 4) is 0 Å². The first-order valence-corrected chi connectivity index (χ1v) is 12.1. The summed E-state index contributed by atoms with van der Waals surface area (Å²) < 4.78 is 14.8. The number of nitrogens with zero attached hydrogens (tertiary/aromatic N) is 2. The van der Waals surface area contributed by atoms with Crippen molar-refractivity contribution in [2.24, 2.45) is 0 Å². The van der Waals surface area contributed by atoms with E-state index in [0.29, 0.717) is 0 Å². The standard InChI is InChI=1S/C6H19NSi2.C4H4FN3O/c1-7(8(2)3)9(4,5)6;5-2-1-7-4(9)8-3(2)6/h8H,1-6H3;1H,(H3,6,7,8,9). The molecule has 1 heterocycles. The number of rotatable bonds is 2. The molecule has 0 unspecified atom stereocenters. The third-order valence-corrected chi connectivity index (χ3v) is 10.2. The second kappa shape index (κ2) is 6.81. The van der Waals surface area contributed by atoms with E-state index in [9.17, 15) is 9.18 Å². The Hall–Kier alpha value is -0.996. The molecule has 8 heteroatoms. The summed E-state index contributed by atoms with van der Waals surface area (Å²) in [5.41, 5.74) is 4.27. The van der Waals surface area contributed by atoms with Crippen LogP contribution in [0.15, 0.2) is 11.0 Å². The van der Waals surface area contributed by atoms with Gasteiger partial charge in [0.2, 0.25) is 0 Å². The first kappa shape index (κ1) is 17.0. The van der Waals surface area contributed by atoms with Crippen LogP contribution in [0.2, 0.25) is 32.7 Å². The zero-order valence-corrected chi connectivity index (χ0v) is 14.1. The van der Waals surface area contributed by atoms with Gasteiger partial charge in [0.25, 0.3) is 0 Å². The molecule has 3 N–H and O–H groups in total. The van der Waals surface area contributed by atoms with E-state index in [4.69, 9.17) is 5.73 Å². The number of aromatic nitrogens is 2. The lowest BCUT2D eigenvalue weighted by atomic mass is 10.6. The Labute approximate surface area is 110 Å². The van der Waals surface area contributed by atoms with Crippen molar-refractivity contribution in [3.05, 3.63) is 22.5 Å². The molecule has 0 aromatic carbocycles. The van der Waals surface area contributed by atoms with Crippen molar-refractivity contribution in [3.63, 3.8) is 0 Å². The van der Waals surface area contributed by atoms with Crippen LogP contribution in [-0.4, -0.2) is 38.4 Å². The highest BCUT2D eigenvalue weighted by Crippen LogP contribution is 2.07. The van der Waals surface area contributed by atoms with Crippen LogP contribution in [0.25, 0.3) is 0 Å². The maximum absolute atomic E-state index is 12.1. The van der Waals surface area contributed by atoms with Gasteiger partial charge in [-0.25, -0.2) is 9.18 Å². The van der Waals surface area contributed by atoms with E-state index in [1.54, 1.807) is 0 Å². The number of H-pyrrole nitrogens is 1. The smallest absolute Gasteiger partial charge is 0.347 e. The molecular weight excluding hydrogens is 267 g/mol. The molecule has 0 aliphatic carbocycles. The van der Waals surface area contributed by atoms with Crippen LogP contribution in [0.1, 0.15) is 0 Å². The predicted octanol–water partition coefficient (Wildman–Crippen LogP) is 1.23. The zero-order valence-electron chi connectivity index (χ0n) is 11.9. The Balaban J connectivity index is 0.000000321. The van der Waals surface area contributed by atoms with Crippen LogP contribution in [0, 0.1) is 5.82 Å². The maximum Gasteiger partial charge on any atom is 0.347 e. The Kier molecular flexibility index (Phi) is 6.43. The van der Waals surface area contributed by atoms with Gasteiger partial charge >= 0.3 is 5.69 Å². The molecule has 0 radical (unpaired) electrons. The van der Waals surface area contributed by atoms with Crippen LogP contribution in [0.3, 0.4) is 0 Å². The lowest BCUT2D eigenvalue weighted by molar-refractivity contribution is 0.617. The molecular formula is C10H23FN4OSi2. The minimum absolute atomic E-state index is 0.376. The van der Waals surface area contributed by atoms with E-state index in [0.717, 1.165) is 6.20 Å². The molecule has 0 bridgehead atoms. The molecule has 0 saturated carbocycles. The lowest BCUT2D eigenvalue weighted by Gasteiger charge is -2.33. The van der Waals surface area contributed by atoms with Gasteiger partial charge < -0.3 is 14.9 Å². The summed E-state index contributed by atoms with van der Waals surface area (Å²) in [5, 5.41) is 0. The van der Waals surface area contributed by atoms with Gasteiger partial charge in [-0.1, -0.05) is 32.7 Å². The van der Waals surface area contributed by atoms with E-state index in [-0.39, 0.29) is 5.82 Å². The Morgan fingerprint density at radius 1 is 1.44 bits per heavy atom. The fraction of sp³-hybridized carbons (Fsp3) is 0.600. The highest BCUT2D eigenvalue weighted by atomic mass is 28.4. The monoisotopic (exact) mass is 290 g/mol. The molecule has 0 amide bonds. The molecule has 0 saturated heterocycles. The van der Waals surface area contributed by atoms with Crippen molar-refractivity contribution in [2.45, 2.75) is 32.7 Å². The van der Waals surface area contributed by atoms with E-state index >= 15 is 0 Å². The first-order valence-electron chi connectivity index (χ1n) is 5.79. The highest BCUT2D eigenvalue weighted by molar-refractivity contribution is 6.82. The van der Waals surface area contributed by atoms with Gasteiger partial charge in [-0.2, -0.15) is 4.98 Å². The Morgan fingerprint density at radius 2 is 1.94 bits per heavy atom. The normalized spacial score (nSPS) is 11.4.